The summed E-state index contributed by atoms with van der Waals surface area (Å²) in [6, 6.07) is 23.7. The van der Waals surface area contributed by atoms with Crippen LogP contribution in [-0.4, -0.2) is 28.6 Å². The van der Waals surface area contributed by atoms with Gasteiger partial charge in [-0.3, -0.25) is 4.79 Å². The van der Waals surface area contributed by atoms with Crippen molar-refractivity contribution in [1.82, 2.24) is 14.9 Å². The third-order valence-corrected chi connectivity index (χ3v) is 6.80. The van der Waals surface area contributed by atoms with Crippen LogP contribution in [0.15, 0.2) is 72.8 Å². The number of carbonyl (C=O) groups is 1. The number of aromatic nitrogens is 2. The predicted octanol–water partition coefficient (Wildman–Crippen LogP) is 7.43. The zero-order valence-corrected chi connectivity index (χ0v) is 22.5. The number of carbonyl (C=O) groups excluding carboxylic acids is 1. The predicted molar refractivity (Wildman–Crippen MR) is 152 cm³/mol. The second-order valence-electron chi connectivity index (χ2n) is 9.67. The lowest BCUT2D eigenvalue weighted by atomic mass is 10.0. The molecule has 1 N–H and O–H groups in total. The normalized spacial score (nSPS) is 11.2. The zero-order chi connectivity index (χ0) is 26.0. The van der Waals surface area contributed by atoms with Crippen LogP contribution in [0.5, 0.6) is 5.75 Å². The lowest BCUT2D eigenvalue weighted by Gasteiger charge is -2.11. The van der Waals surface area contributed by atoms with E-state index >= 15 is 0 Å². The number of rotatable bonds is 13. The highest BCUT2D eigenvalue weighted by atomic mass is 35.5. The summed E-state index contributed by atoms with van der Waals surface area (Å²) in [5, 5.41) is 3.62. The fourth-order valence-electron chi connectivity index (χ4n) is 4.42. The van der Waals surface area contributed by atoms with E-state index in [1.54, 1.807) is 24.3 Å². The second-order valence-corrected chi connectivity index (χ2v) is 10.1. The number of amides is 1. The molecule has 0 aliphatic carbocycles. The summed E-state index contributed by atoms with van der Waals surface area (Å²) < 4.78 is 8.33. The van der Waals surface area contributed by atoms with Crippen molar-refractivity contribution < 1.29 is 9.53 Å². The summed E-state index contributed by atoms with van der Waals surface area (Å²) in [5.74, 6) is 2.50. The van der Waals surface area contributed by atoms with Crippen molar-refractivity contribution in [2.75, 3.05) is 13.2 Å². The van der Waals surface area contributed by atoms with Crippen LogP contribution in [0.2, 0.25) is 5.02 Å². The monoisotopic (exact) mass is 517 g/mol. The molecule has 0 aliphatic heterocycles. The average molecular weight is 518 g/mol. The number of fused-ring (bicyclic) bond motifs is 1. The smallest absolute Gasteiger partial charge is 0.251 e. The van der Waals surface area contributed by atoms with Crippen LogP contribution in [0.1, 0.15) is 67.2 Å². The minimum Gasteiger partial charge on any atom is -0.494 e. The third kappa shape index (κ3) is 7.59. The summed E-state index contributed by atoms with van der Waals surface area (Å²) in [5.41, 5.74) is 4.17. The van der Waals surface area contributed by atoms with Gasteiger partial charge in [0.1, 0.15) is 11.6 Å². The Hall–Kier alpha value is -3.31. The molecule has 5 nitrogen and oxygen atoms in total. The molecule has 1 aromatic heterocycles. The first-order valence-corrected chi connectivity index (χ1v) is 13.6. The van der Waals surface area contributed by atoms with Crippen molar-refractivity contribution >= 4 is 28.5 Å². The van der Waals surface area contributed by atoms with E-state index in [0.717, 1.165) is 55.7 Å². The van der Waals surface area contributed by atoms with Crippen LogP contribution in [0, 0.1) is 0 Å². The molecule has 194 valence electrons. The molecular formula is C31H36ClN3O2. The first kappa shape index (κ1) is 26.7. The standard InChI is InChI=1S/C31H36ClN3O2/c1-23(2)24-14-18-27(19-15-24)37-22-8-21-35-29-10-6-5-9-28(29)34-30(35)11-4-3-7-20-33-31(36)25-12-16-26(32)17-13-25/h5-6,9-10,12-19,23H,3-4,7-8,11,20-22H2,1-2H3,(H,33,36). The van der Waals surface area contributed by atoms with E-state index in [-0.39, 0.29) is 5.91 Å². The van der Waals surface area contributed by atoms with Gasteiger partial charge in [-0.05, 0) is 79.3 Å². The van der Waals surface area contributed by atoms with Gasteiger partial charge in [0.15, 0.2) is 0 Å². The molecule has 0 spiro atoms. The number of hydrogen-bond acceptors (Lipinski definition) is 3. The van der Waals surface area contributed by atoms with E-state index in [4.69, 9.17) is 21.3 Å². The van der Waals surface area contributed by atoms with Crippen LogP contribution in [0.3, 0.4) is 0 Å². The maximum Gasteiger partial charge on any atom is 0.251 e. The van der Waals surface area contributed by atoms with Crippen LogP contribution in [-0.2, 0) is 13.0 Å². The van der Waals surface area contributed by atoms with Crippen LogP contribution >= 0.6 is 11.6 Å². The van der Waals surface area contributed by atoms with Crippen molar-refractivity contribution in [2.45, 2.75) is 58.4 Å². The van der Waals surface area contributed by atoms with E-state index in [2.05, 4.69) is 66.2 Å². The Bertz CT molecular complexity index is 1280. The van der Waals surface area contributed by atoms with Gasteiger partial charge in [-0.25, -0.2) is 4.98 Å². The number of benzene rings is 3. The van der Waals surface area contributed by atoms with Crippen molar-refractivity contribution in [3.63, 3.8) is 0 Å². The van der Waals surface area contributed by atoms with E-state index in [1.165, 1.54) is 11.1 Å². The molecule has 0 atom stereocenters. The van der Waals surface area contributed by atoms with Crippen LogP contribution in [0.4, 0.5) is 0 Å². The van der Waals surface area contributed by atoms with Gasteiger partial charge in [-0.2, -0.15) is 0 Å². The topological polar surface area (TPSA) is 56.1 Å². The number of aryl methyl sites for hydroxylation is 2. The fourth-order valence-corrected chi connectivity index (χ4v) is 4.54. The molecule has 1 heterocycles. The fraction of sp³-hybridized carbons (Fsp3) is 0.355. The first-order chi connectivity index (χ1) is 18.0. The molecule has 4 aromatic rings. The Morgan fingerprint density at radius 3 is 2.46 bits per heavy atom. The maximum absolute atomic E-state index is 12.2. The molecule has 0 bridgehead atoms. The lowest BCUT2D eigenvalue weighted by molar-refractivity contribution is 0.0953. The highest BCUT2D eigenvalue weighted by Crippen LogP contribution is 2.20. The van der Waals surface area contributed by atoms with Gasteiger partial charge in [0.25, 0.3) is 5.91 Å². The molecule has 0 unspecified atom stereocenters. The van der Waals surface area contributed by atoms with Crippen molar-refractivity contribution in [2.24, 2.45) is 0 Å². The summed E-state index contributed by atoms with van der Waals surface area (Å²) in [6.07, 6.45) is 4.81. The Labute approximate surface area is 224 Å². The molecule has 0 saturated heterocycles. The molecule has 0 fully saturated rings. The number of hydrogen-bond donors (Lipinski definition) is 1. The second kappa shape index (κ2) is 13.3. The molecular weight excluding hydrogens is 482 g/mol. The van der Waals surface area contributed by atoms with Gasteiger partial charge in [-0.1, -0.05) is 56.1 Å². The van der Waals surface area contributed by atoms with E-state index < -0.39 is 0 Å². The van der Waals surface area contributed by atoms with Gasteiger partial charge < -0.3 is 14.6 Å². The first-order valence-electron chi connectivity index (χ1n) is 13.2. The average Bonchev–Trinajstić information content (AvgIpc) is 3.26. The molecule has 4 rings (SSSR count). The summed E-state index contributed by atoms with van der Waals surface area (Å²) in [4.78, 5) is 17.1. The van der Waals surface area contributed by atoms with Crippen molar-refractivity contribution in [3.05, 3.63) is 94.8 Å². The maximum atomic E-state index is 12.2. The van der Waals surface area contributed by atoms with Crippen molar-refractivity contribution in [3.8, 4) is 5.75 Å². The minimum absolute atomic E-state index is 0.0588. The SMILES string of the molecule is CC(C)c1ccc(OCCCn2c(CCCCCNC(=O)c3ccc(Cl)cc3)nc3ccccc32)cc1. The number of ether oxygens (including phenoxy) is 1. The molecule has 0 saturated carbocycles. The third-order valence-electron chi connectivity index (χ3n) is 6.54. The zero-order valence-electron chi connectivity index (χ0n) is 21.8. The van der Waals surface area contributed by atoms with Gasteiger partial charge >= 0.3 is 0 Å². The number of unbranched alkanes of at least 4 members (excludes halogenated alkanes) is 2. The molecule has 1 amide bonds. The highest BCUT2D eigenvalue weighted by Gasteiger charge is 2.11. The number of imidazole rings is 1. The quantitative estimate of drug-likeness (QED) is 0.188. The van der Waals surface area contributed by atoms with Crippen LogP contribution in [0.25, 0.3) is 11.0 Å². The number of nitrogens with zero attached hydrogens (tertiary/aromatic N) is 2. The lowest BCUT2D eigenvalue weighted by Crippen LogP contribution is -2.24. The summed E-state index contributed by atoms with van der Waals surface area (Å²) in [7, 11) is 0. The van der Waals surface area contributed by atoms with E-state index in [9.17, 15) is 4.79 Å². The number of halogens is 1. The molecule has 37 heavy (non-hydrogen) atoms. The van der Waals surface area contributed by atoms with Gasteiger partial charge in [0.2, 0.25) is 0 Å². The van der Waals surface area contributed by atoms with Crippen LogP contribution < -0.4 is 10.1 Å². The minimum atomic E-state index is -0.0588. The molecule has 6 heteroatoms. The van der Waals surface area contributed by atoms with E-state index in [1.807, 2.05) is 6.07 Å². The van der Waals surface area contributed by atoms with E-state index in [0.29, 0.717) is 29.7 Å². The van der Waals surface area contributed by atoms with Gasteiger partial charge in [0.05, 0.1) is 17.6 Å². The summed E-state index contributed by atoms with van der Waals surface area (Å²) >= 11 is 5.89. The number of nitrogens with one attached hydrogen (secondary N) is 1. The molecule has 0 aliphatic rings. The molecule has 0 radical (unpaired) electrons. The Morgan fingerprint density at radius 2 is 1.70 bits per heavy atom. The molecule has 3 aromatic carbocycles. The van der Waals surface area contributed by atoms with Gasteiger partial charge in [-0.15, -0.1) is 0 Å². The Balaban J connectivity index is 1.23. The number of para-hydroxylation sites is 2. The van der Waals surface area contributed by atoms with Crippen molar-refractivity contribution in [1.29, 1.82) is 0 Å². The summed E-state index contributed by atoms with van der Waals surface area (Å²) in [6.45, 7) is 6.60. The highest BCUT2D eigenvalue weighted by molar-refractivity contribution is 6.30. The van der Waals surface area contributed by atoms with Gasteiger partial charge in [0, 0.05) is 30.1 Å². The Morgan fingerprint density at radius 1 is 0.946 bits per heavy atom. The largest absolute Gasteiger partial charge is 0.494 e. The Kier molecular flexibility index (Phi) is 9.61.